The van der Waals surface area contributed by atoms with Crippen molar-refractivity contribution in [3.8, 4) is 0 Å². The molecule has 0 saturated carbocycles. The molecule has 0 radical (unpaired) electrons. The maximum Gasteiger partial charge on any atom is 0.124 e. The van der Waals surface area contributed by atoms with Gasteiger partial charge in [-0.25, -0.2) is 4.98 Å². The van der Waals surface area contributed by atoms with E-state index < -0.39 is 0 Å². The van der Waals surface area contributed by atoms with Crippen molar-refractivity contribution >= 4 is 27.0 Å². The Morgan fingerprint density at radius 3 is 3.06 bits per heavy atom. The number of imidazole rings is 1. The smallest absolute Gasteiger partial charge is 0.124 e. The molecule has 1 fully saturated rings. The normalized spacial score (nSPS) is 25.4. The number of fused-ring (bicyclic) bond motifs is 1. The number of aromatic nitrogens is 2. The van der Waals surface area contributed by atoms with Crippen molar-refractivity contribution in [3.63, 3.8) is 0 Å². The Labute approximate surface area is 103 Å². The van der Waals surface area contributed by atoms with Gasteiger partial charge in [-0.15, -0.1) is 0 Å². The average Bonchev–Trinajstić information content (AvgIpc) is 2.83. The number of aromatic amines is 1. The summed E-state index contributed by atoms with van der Waals surface area (Å²) in [6.45, 7) is 3.36. The zero-order valence-electron chi connectivity index (χ0n) is 9.13. The van der Waals surface area contributed by atoms with E-state index in [1.807, 2.05) is 12.1 Å². The molecule has 3 nitrogen and oxygen atoms in total. The number of halogens is 1. The fraction of sp³-hybridized carbons (Fsp3) is 0.417. The summed E-state index contributed by atoms with van der Waals surface area (Å²) in [4.78, 5) is 8.03. The van der Waals surface area contributed by atoms with Gasteiger partial charge in [-0.2, -0.15) is 0 Å². The lowest BCUT2D eigenvalue weighted by atomic mass is 10.1. The van der Waals surface area contributed by atoms with E-state index in [9.17, 15) is 0 Å². The molecule has 84 valence electrons. The molecule has 1 aromatic carbocycles. The molecule has 16 heavy (non-hydrogen) atoms. The molecule has 0 aliphatic carbocycles. The first-order valence-corrected chi connectivity index (χ1v) is 6.40. The molecular formula is C12H14BrN3. The van der Waals surface area contributed by atoms with Crippen molar-refractivity contribution in [1.29, 1.82) is 0 Å². The minimum absolute atomic E-state index is 0.390. The van der Waals surface area contributed by atoms with Crippen LogP contribution in [0, 0.1) is 5.92 Å². The van der Waals surface area contributed by atoms with Gasteiger partial charge >= 0.3 is 0 Å². The van der Waals surface area contributed by atoms with Gasteiger partial charge in [0.2, 0.25) is 0 Å². The van der Waals surface area contributed by atoms with E-state index in [-0.39, 0.29) is 0 Å². The van der Waals surface area contributed by atoms with E-state index >= 15 is 0 Å². The number of nitrogens with one attached hydrogen (secondary N) is 2. The SMILES string of the molecule is CC1CNC(c2nc3ccc(Br)cc3[nH]2)C1. The van der Waals surface area contributed by atoms with Crippen molar-refractivity contribution in [3.05, 3.63) is 28.5 Å². The van der Waals surface area contributed by atoms with Crippen molar-refractivity contribution in [2.75, 3.05) is 6.54 Å². The predicted octanol–water partition coefficient (Wildman–Crippen LogP) is 3.00. The summed E-state index contributed by atoms with van der Waals surface area (Å²) in [6.07, 6.45) is 1.17. The fourth-order valence-corrected chi connectivity index (χ4v) is 2.65. The Bertz CT molecular complexity index is 520. The fourth-order valence-electron chi connectivity index (χ4n) is 2.29. The van der Waals surface area contributed by atoms with Crippen LogP contribution in [0.5, 0.6) is 0 Å². The monoisotopic (exact) mass is 279 g/mol. The third-order valence-electron chi connectivity index (χ3n) is 3.14. The lowest BCUT2D eigenvalue weighted by Crippen LogP contribution is -2.14. The van der Waals surface area contributed by atoms with Gasteiger partial charge in [0, 0.05) is 4.47 Å². The molecule has 2 unspecified atom stereocenters. The molecule has 0 spiro atoms. The van der Waals surface area contributed by atoms with Crippen LogP contribution in [0.4, 0.5) is 0 Å². The Hall–Kier alpha value is -0.870. The number of hydrogen-bond donors (Lipinski definition) is 2. The second-order valence-electron chi connectivity index (χ2n) is 4.59. The van der Waals surface area contributed by atoms with Crippen LogP contribution in [0.3, 0.4) is 0 Å². The average molecular weight is 280 g/mol. The first-order chi connectivity index (χ1) is 7.72. The van der Waals surface area contributed by atoms with Crippen LogP contribution < -0.4 is 5.32 Å². The van der Waals surface area contributed by atoms with Crippen molar-refractivity contribution in [2.45, 2.75) is 19.4 Å². The first-order valence-electron chi connectivity index (χ1n) is 5.61. The summed E-state index contributed by atoms with van der Waals surface area (Å²) >= 11 is 3.47. The summed E-state index contributed by atoms with van der Waals surface area (Å²) in [7, 11) is 0. The molecule has 1 aromatic heterocycles. The molecule has 2 aromatic rings. The number of hydrogen-bond acceptors (Lipinski definition) is 2. The van der Waals surface area contributed by atoms with Gasteiger partial charge in [-0.3, -0.25) is 0 Å². The maximum absolute atomic E-state index is 4.63. The summed E-state index contributed by atoms with van der Waals surface area (Å²) in [5.74, 6) is 1.81. The number of nitrogens with zero attached hydrogens (tertiary/aromatic N) is 1. The Morgan fingerprint density at radius 1 is 1.44 bits per heavy atom. The highest BCUT2D eigenvalue weighted by Gasteiger charge is 2.24. The molecule has 1 aliphatic rings. The van der Waals surface area contributed by atoms with E-state index in [1.54, 1.807) is 0 Å². The largest absolute Gasteiger partial charge is 0.341 e. The standard InChI is InChI=1S/C12H14BrN3/c1-7-4-11(14-6-7)12-15-9-3-2-8(13)5-10(9)16-12/h2-3,5,7,11,14H,4,6H2,1H3,(H,15,16). The van der Waals surface area contributed by atoms with E-state index in [0.717, 1.165) is 33.8 Å². The van der Waals surface area contributed by atoms with Crippen LogP contribution in [0.2, 0.25) is 0 Å². The van der Waals surface area contributed by atoms with E-state index in [0.29, 0.717) is 6.04 Å². The van der Waals surface area contributed by atoms with Gasteiger partial charge in [0.25, 0.3) is 0 Å². The Morgan fingerprint density at radius 2 is 2.31 bits per heavy atom. The quantitative estimate of drug-likeness (QED) is 0.843. The molecule has 2 N–H and O–H groups in total. The second-order valence-corrected chi connectivity index (χ2v) is 5.50. The lowest BCUT2D eigenvalue weighted by molar-refractivity contribution is 0.589. The van der Waals surface area contributed by atoms with Gasteiger partial charge in [0.1, 0.15) is 5.82 Å². The van der Waals surface area contributed by atoms with E-state index in [2.05, 4.69) is 44.2 Å². The summed E-state index contributed by atoms with van der Waals surface area (Å²) in [5.41, 5.74) is 2.14. The maximum atomic E-state index is 4.63. The van der Waals surface area contributed by atoms with Crippen LogP contribution in [-0.4, -0.2) is 16.5 Å². The van der Waals surface area contributed by atoms with Crippen LogP contribution in [0.15, 0.2) is 22.7 Å². The number of H-pyrrole nitrogens is 1. The third-order valence-corrected chi connectivity index (χ3v) is 3.64. The zero-order valence-corrected chi connectivity index (χ0v) is 10.7. The summed E-state index contributed by atoms with van der Waals surface area (Å²) in [6, 6.07) is 6.53. The summed E-state index contributed by atoms with van der Waals surface area (Å²) < 4.78 is 1.09. The van der Waals surface area contributed by atoms with Crippen molar-refractivity contribution in [1.82, 2.24) is 15.3 Å². The van der Waals surface area contributed by atoms with E-state index in [1.165, 1.54) is 6.42 Å². The van der Waals surface area contributed by atoms with Crippen LogP contribution in [0.25, 0.3) is 11.0 Å². The molecule has 3 rings (SSSR count). The highest BCUT2D eigenvalue weighted by Crippen LogP contribution is 2.27. The molecule has 0 amide bonds. The minimum atomic E-state index is 0.390. The van der Waals surface area contributed by atoms with E-state index in [4.69, 9.17) is 0 Å². The molecule has 1 aliphatic heterocycles. The second kappa shape index (κ2) is 3.86. The topological polar surface area (TPSA) is 40.7 Å². The number of rotatable bonds is 1. The molecule has 1 saturated heterocycles. The van der Waals surface area contributed by atoms with Crippen molar-refractivity contribution < 1.29 is 0 Å². The molecule has 2 atom stereocenters. The first kappa shape index (κ1) is 10.3. The van der Waals surface area contributed by atoms with Crippen LogP contribution in [0.1, 0.15) is 25.2 Å². The Balaban J connectivity index is 1.99. The van der Waals surface area contributed by atoms with Crippen LogP contribution in [-0.2, 0) is 0 Å². The molecule has 4 heteroatoms. The molecule has 0 bridgehead atoms. The lowest BCUT2D eigenvalue weighted by Gasteiger charge is -2.04. The van der Waals surface area contributed by atoms with Crippen molar-refractivity contribution in [2.24, 2.45) is 5.92 Å². The zero-order chi connectivity index (χ0) is 11.1. The van der Waals surface area contributed by atoms with Gasteiger partial charge in [0.15, 0.2) is 0 Å². The van der Waals surface area contributed by atoms with Crippen LogP contribution >= 0.6 is 15.9 Å². The van der Waals surface area contributed by atoms with Gasteiger partial charge in [-0.1, -0.05) is 22.9 Å². The Kier molecular flexibility index (Phi) is 2.48. The molecular weight excluding hydrogens is 266 g/mol. The summed E-state index contributed by atoms with van der Waals surface area (Å²) in [5, 5.41) is 3.49. The van der Waals surface area contributed by atoms with Gasteiger partial charge in [-0.05, 0) is 37.1 Å². The highest BCUT2D eigenvalue weighted by molar-refractivity contribution is 9.10. The third kappa shape index (κ3) is 1.76. The van der Waals surface area contributed by atoms with Gasteiger partial charge in [0.05, 0.1) is 17.1 Å². The molecule has 2 heterocycles. The highest BCUT2D eigenvalue weighted by atomic mass is 79.9. The predicted molar refractivity (Wildman–Crippen MR) is 68.3 cm³/mol. The van der Waals surface area contributed by atoms with Gasteiger partial charge < -0.3 is 10.3 Å². The minimum Gasteiger partial charge on any atom is -0.341 e. The number of benzene rings is 1.